The minimum Gasteiger partial charge on any atom is -0.324 e. The molecule has 0 spiro atoms. The van der Waals surface area contributed by atoms with Gasteiger partial charge in [0, 0.05) is 5.70 Å². The van der Waals surface area contributed by atoms with Crippen LogP contribution in [0.2, 0.25) is 0 Å². The maximum absolute atomic E-state index is 4.41. The fraction of sp³-hybridized carbons (Fsp3) is 0.158. The topological polar surface area (TPSA) is 42.7 Å². The normalized spacial score (nSPS) is 16.4. The highest BCUT2D eigenvalue weighted by molar-refractivity contribution is 5.77. The summed E-state index contributed by atoms with van der Waals surface area (Å²) >= 11 is 0. The van der Waals surface area contributed by atoms with Crippen LogP contribution < -0.4 is 5.32 Å². The van der Waals surface area contributed by atoms with Crippen LogP contribution in [0.15, 0.2) is 60.9 Å². The van der Waals surface area contributed by atoms with E-state index in [-0.39, 0.29) is 6.04 Å². The van der Waals surface area contributed by atoms with E-state index in [9.17, 15) is 0 Å². The highest BCUT2D eigenvalue weighted by atomic mass is 15.4. The SMILES string of the molecule is Cc1ccc(C)c([C@H]2C=C(c3ccccc3)Nc3ncnn32)c1. The van der Waals surface area contributed by atoms with E-state index >= 15 is 0 Å². The van der Waals surface area contributed by atoms with Crippen molar-refractivity contribution in [2.45, 2.75) is 19.9 Å². The largest absolute Gasteiger partial charge is 0.324 e. The molecule has 0 saturated carbocycles. The monoisotopic (exact) mass is 302 g/mol. The molecule has 0 bridgehead atoms. The molecule has 2 heterocycles. The molecule has 4 heteroatoms. The van der Waals surface area contributed by atoms with Crippen molar-refractivity contribution in [1.29, 1.82) is 0 Å². The Labute approximate surface area is 135 Å². The lowest BCUT2D eigenvalue weighted by atomic mass is 9.96. The average Bonchev–Trinajstić information content (AvgIpc) is 3.05. The van der Waals surface area contributed by atoms with Gasteiger partial charge in [-0.3, -0.25) is 0 Å². The molecule has 1 aliphatic rings. The molecule has 1 aliphatic heterocycles. The number of benzene rings is 2. The molecule has 0 amide bonds. The quantitative estimate of drug-likeness (QED) is 0.779. The van der Waals surface area contributed by atoms with Gasteiger partial charge in [0.05, 0.1) is 0 Å². The Morgan fingerprint density at radius 3 is 2.70 bits per heavy atom. The average molecular weight is 302 g/mol. The fourth-order valence-corrected chi connectivity index (χ4v) is 3.02. The van der Waals surface area contributed by atoms with E-state index in [1.54, 1.807) is 6.33 Å². The van der Waals surface area contributed by atoms with Crippen molar-refractivity contribution in [3.05, 3.63) is 83.2 Å². The zero-order chi connectivity index (χ0) is 15.8. The number of hydrogen-bond acceptors (Lipinski definition) is 3. The summed E-state index contributed by atoms with van der Waals surface area (Å²) < 4.78 is 1.94. The van der Waals surface area contributed by atoms with Crippen LogP contribution in [0.4, 0.5) is 5.95 Å². The second-order valence-electron chi connectivity index (χ2n) is 5.90. The second kappa shape index (κ2) is 5.39. The summed E-state index contributed by atoms with van der Waals surface area (Å²) in [4.78, 5) is 4.36. The van der Waals surface area contributed by atoms with Crippen LogP contribution in [-0.2, 0) is 0 Å². The molecule has 1 atom stereocenters. The van der Waals surface area contributed by atoms with E-state index in [0.717, 1.165) is 17.2 Å². The van der Waals surface area contributed by atoms with Gasteiger partial charge >= 0.3 is 0 Å². The van der Waals surface area contributed by atoms with Crippen molar-refractivity contribution in [3.63, 3.8) is 0 Å². The summed E-state index contributed by atoms with van der Waals surface area (Å²) in [6.07, 6.45) is 3.82. The zero-order valence-corrected chi connectivity index (χ0v) is 13.2. The number of aromatic nitrogens is 3. The number of fused-ring (bicyclic) bond motifs is 1. The molecule has 2 aromatic carbocycles. The molecule has 0 aliphatic carbocycles. The fourth-order valence-electron chi connectivity index (χ4n) is 3.02. The Morgan fingerprint density at radius 2 is 1.87 bits per heavy atom. The smallest absolute Gasteiger partial charge is 0.226 e. The summed E-state index contributed by atoms with van der Waals surface area (Å²) in [7, 11) is 0. The minimum atomic E-state index is 0.0452. The molecule has 114 valence electrons. The first-order chi connectivity index (χ1) is 11.2. The zero-order valence-electron chi connectivity index (χ0n) is 13.2. The molecule has 4 rings (SSSR count). The summed E-state index contributed by atoms with van der Waals surface area (Å²) in [5.41, 5.74) is 5.98. The van der Waals surface area contributed by atoms with Crippen LogP contribution in [0, 0.1) is 13.8 Å². The summed E-state index contributed by atoms with van der Waals surface area (Å²) in [5.74, 6) is 0.775. The van der Waals surface area contributed by atoms with E-state index in [1.165, 1.54) is 16.7 Å². The Bertz CT molecular complexity index is 877. The summed E-state index contributed by atoms with van der Waals surface area (Å²) in [6, 6.07) is 16.9. The third-order valence-electron chi connectivity index (χ3n) is 4.25. The molecule has 3 aromatic rings. The van der Waals surface area contributed by atoms with Crippen LogP contribution >= 0.6 is 0 Å². The van der Waals surface area contributed by atoms with Crippen molar-refractivity contribution in [3.8, 4) is 0 Å². The Morgan fingerprint density at radius 1 is 1.04 bits per heavy atom. The molecule has 0 radical (unpaired) electrons. The molecule has 0 unspecified atom stereocenters. The van der Waals surface area contributed by atoms with Gasteiger partial charge in [-0.05, 0) is 36.6 Å². The van der Waals surface area contributed by atoms with Crippen molar-refractivity contribution in [1.82, 2.24) is 14.8 Å². The molecule has 0 saturated heterocycles. The van der Waals surface area contributed by atoms with E-state index in [1.807, 2.05) is 22.9 Å². The molecule has 23 heavy (non-hydrogen) atoms. The predicted octanol–water partition coefficient (Wildman–Crippen LogP) is 3.95. The van der Waals surface area contributed by atoms with Gasteiger partial charge in [-0.2, -0.15) is 10.1 Å². The van der Waals surface area contributed by atoms with Crippen LogP contribution in [0.5, 0.6) is 0 Å². The first-order valence-corrected chi connectivity index (χ1v) is 7.73. The van der Waals surface area contributed by atoms with Gasteiger partial charge in [0.25, 0.3) is 0 Å². The molecular formula is C19H18N4. The number of anilines is 1. The highest BCUT2D eigenvalue weighted by Gasteiger charge is 2.24. The van der Waals surface area contributed by atoms with Gasteiger partial charge in [0.2, 0.25) is 5.95 Å². The number of hydrogen-bond donors (Lipinski definition) is 1. The molecule has 1 aromatic heterocycles. The number of nitrogens with zero attached hydrogens (tertiary/aromatic N) is 3. The van der Waals surface area contributed by atoms with E-state index < -0.39 is 0 Å². The Hall–Kier alpha value is -2.88. The highest BCUT2D eigenvalue weighted by Crippen LogP contribution is 2.33. The van der Waals surface area contributed by atoms with Gasteiger partial charge < -0.3 is 5.32 Å². The van der Waals surface area contributed by atoms with E-state index in [4.69, 9.17) is 0 Å². The van der Waals surface area contributed by atoms with Crippen LogP contribution in [0.1, 0.15) is 28.3 Å². The predicted molar refractivity (Wildman–Crippen MR) is 92.1 cm³/mol. The lowest BCUT2D eigenvalue weighted by Gasteiger charge is -2.25. The van der Waals surface area contributed by atoms with Gasteiger partial charge in [0.1, 0.15) is 12.4 Å². The van der Waals surface area contributed by atoms with Crippen molar-refractivity contribution < 1.29 is 0 Å². The van der Waals surface area contributed by atoms with E-state index in [2.05, 4.69) is 65.7 Å². The molecule has 1 N–H and O–H groups in total. The van der Waals surface area contributed by atoms with Crippen molar-refractivity contribution in [2.24, 2.45) is 0 Å². The van der Waals surface area contributed by atoms with Gasteiger partial charge in [-0.15, -0.1) is 0 Å². The standard InChI is InChI=1S/C19H18N4/c1-13-8-9-14(2)16(10-13)18-11-17(15-6-4-3-5-7-15)22-19-20-12-21-23(18)19/h3-12,18H,1-2H3,(H,20,21,22)/t18-/m1/s1. The van der Waals surface area contributed by atoms with E-state index in [0.29, 0.717) is 0 Å². The number of rotatable bonds is 2. The van der Waals surface area contributed by atoms with Crippen LogP contribution in [0.3, 0.4) is 0 Å². The maximum Gasteiger partial charge on any atom is 0.226 e. The Balaban J connectivity index is 1.87. The lowest BCUT2D eigenvalue weighted by molar-refractivity contribution is 0.609. The third-order valence-corrected chi connectivity index (χ3v) is 4.25. The van der Waals surface area contributed by atoms with Crippen LogP contribution in [-0.4, -0.2) is 14.8 Å². The first kappa shape index (κ1) is 13.8. The lowest BCUT2D eigenvalue weighted by Crippen LogP contribution is -2.21. The Kier molecular flexibility index (Phi) is 3.23. The number of allylic oxidation sites excluding steroid dienone is 1. The van der Waals surface area contributed by atoms with Gasteiger partial charge in [-0.1, -0.05) is 54.1 Å². The van der Waals surface area contributed by atoms with Gasteiger partial charge in [0.15, 0.2) is 0 Å². The summed E-state index contributed by atoms with van der Waals surface area (Å²) in [6.45, 7) is 4.26. The number of aryl methyl sites for hydroxylation is 2. The number of nitrogens with one attached hydrogen (secondary N) is 1. The third kappa shape index (κ3) is 2.42. The first-order valence-electron chi connectivity index (χ1n) is 7.73. The van der Waals surface area contributed by atoms with Crippen molar-refractivity contribution in [2.75, 3.05) is 5.32 Å². The van der Waals surface area contributed by atoms with Crippen molar-refractivity contribution >= 4 is 11.6 Å². The molecule has 0 fully saturated rings. The molecule has 4 nitrogen and oxygen atoms in total. The van der Waals surface area contributed by atoms with Crippen LogP contribution in [0.25, 0.3) is 5.70 Å². The van der Waals surface area contributed by atoms with Gasteiger partial charge in [-0.25, -0.2) is 4.68 Å². The molecular weight excluding hydrogens is 284 g/mol. The summed E-state index contributed by atoms with van der Waals surface area (Å²) in [5, 5.41) is 7.79. The maximum atomic E-state index is 4.41. The minimum absolute atomic E-state index is 0.0452. The second-order valence-corrected chi connectivity index (χ2v) is 5.90.